The lowest BCUT2D eigenvalue weighted by molar-refractivity contribution is -0.122. The Hall–Kier alpha value is -2.58. The first kappa shape index (κ1) is 19.2. The molecule has 1 aromatic carbocycles. The molecule has 8 heteroatoms. The fourth-order valence-electron chi connectivity index (χ4n) is 2.46. The minimum atomic E-state index is -0.329. The molecule has 0 aliphatic carbocycles. The number of benzene rings is 1. The van der Waals surface area contributed by atoms with Crippen molar-refractivity contribution in [3.63, 3.8) is 0 Å². The molecule has 0 radical (unpaired) electrons. The maximum absolute atomic E-state index is 13.0. The summed E-state index contributed by atoms with van der Waals surface area (Å²) in [5.41, 5.74) is 1.36. The molecule has 3 rings (SSSR count). The van der Waals surface area contributed by atoms with Crippen LogP contribution in [-0.4, -0.2) is 32.6 Å². The second-order valence-corrected chi connectivity index (χ2v) is 7.45. The van der Waals surface area contributed by atoms with Gasteiger partial charge in [-0.05, 0) is 42.3 Å². The summed E-state index contributed by atoms with van der Waals surface area (Å²) in [5, 5.41) is 2.75. The van der Waals surface area contributed by atoms with Gasteiger partial charge in [0.15, 0.2) is 0 Å². The second kappa shape index (κ2) is 8.88. The largest absolute Gasteiger partial charge is 0.325 e. The lowest BCUT2D eigenvalue weighted by Crippen LogP contribution is -2.29. The number of amides is 2. The van der Waals surface area contributed by atoms with E-state index in [1.807, 2.05) is 0 Å². The normalized spacial score (nSPS) is 15.4. The molecule has 1 N–H and O–H groups in total. The molecule has 2 heterocycles. The van der Waals surface area contributed by atoms with Gasteiger partial charge in [-0.1, -0.05) is 36.1 Å². The van der Waals surface area contributed by atoms with Gasteiger partial charge < -0.3 is 5.32 Å². The first-order valence-corrected chi connectivity index (χ1v) is 9.46. The molecule has 27 heavy (non-hydrogen) atoms. The fourth-order valence-corrected chi connectivity index (χ4v) is 3.77. The van der Waals surface area contributed by atoms with Crippen LogP contribution in [0.2, 0.25) is 0 Å². The molecular weight excluding hydrogens is 385 g/mol. The van der Waals surface area contributed by atoms with Crippen molar-refractivity contribution in [3.8, 4) is 0 Å². The molecule has 5 nitrogen and oxygen atoms in total. The van der Waals surface area contributed by atoms with E-state index in [-0.39, 0.29) is 24.1 Å². The number of nitrogens with one attached hydrogen (secondary N) is 1. The molecular formula is C19H16FN3O2S2. The number of thiocarbonyl (C=S) groups is 1. The minimum Gasteiger partial charge on any atom is -0.325 e. The second-order valence-electron chi connectivity index (χ2n) is 5.78. The Morgan fingerprint density at radius 1 is 1.30 bits per heavy atom. The summed E-state index contributed by atoms with van der Waals surface area (Å²) in [4.78, 5) is 30.4. The maximum atomic E-state index is 13.0. The average Bonchev–Trinajstić information content (AvgIpc) is 2.92. The van der Waals surface area contributed by atoms with Crippen molar-refractivity contribution in [1.82, 2.24) is 9.88 Å². The van der Waals surface area contributed by atoms with Crippen LogP contribution in [0.15, 0.2) is 53.7 Å². The number of rotatable bonds is 6. The number of hydrogen-bond acceptors (Lipinski definition) is 5. The zero-order chi connectivity index (χ0) is 19.2. The van der Waals surface area contributed by atoms with Crippen molar-refractivity contribution >= 4 is 51.9 Å². The summed E-state index contributed by atoms with van der Waals surface area (Å²) in [5.74, 6) is -0.665. The standard InChI is InChI=1S/C19H16FN3O2S2/c20-14-7-5-13(6-8-14)11-16-18(25)23(19(26)27-16)10-2-4-17(24)22-15-3-1-9-21-12-15/h1,3,5-9,11-12H,2,4,10H2,(H,22,24). The molecule has 0 unspecified atom stereocenters. The van der Waals surface area contributed by atoms with Crippen LogP contribution >= 0.6 is 24.0 Å². The van der Waals surface area contributed by atoms with Gasteiger partial charge >= 0.3 is 0 Å². The van der Waals surface area contributed by atoms with E-state index in [4.69, 9.17) is 12.2 Å². The Bertz CT molecular complexity index is 886. The zero-order valence-corrected chi connectivity index (χ0v) is 15.9. The Morgan fingerprint density at radius 3 is 2.78 bits per heavy atom. The molecule has 1 fully saturated rings. The van der Waals surface area contributed by atoms with Crippen LogP contribution < -0.4 is 5.32 Å². The molecule has 138 valence electrons. The van der Waals surface area contributed by atoms with E-state index in [9.17, 15) is 14.0 Å². The first-order valence-electron chi connectivity index (χ1n) is 8.24. The number of carbonyl (C=O) groups excluding carboxylic acids is 2. The van der Waals surface area contributed by atoms with Gasteiger partial charge in [0.1, 0.15) is 10.1 Å². The van der Waals surface area contributed by atoms with Gasteiger partial charge in [0.2, 0.25) is 5.91 Å². The van der Waals surface area contributed by atoms with E-state index in [2.05, 4.69) is 10.3 Å². The summed E-state index contributed by atoms with van der Waals surface area (Å²) in [6, 6.07) is 9.38. The SMILES string of the molecule is O=C(CCCN1C(=O)C(=Cc2ccc(F)cc2)SC1=S)Nc1cccnc1. The number of nitrogens with zero attached hydrogens (tertiary/aromatic N) is 2. The molecule has 2 amide bonds. The highest BCUT2D eigenvalue weighted by Crippen LogP contribution is 2.32. The smallest absolute Gasteiger partial charge is 0.266 e. The topological polar surface area (TPSA) is 62.3 Å². The van der Waals surface area contributed by atoms with Crippen LogP contribution in [0.4, 0.5) is 10.1 Å². The predicted molar refractivity (Wildman–Crippen MR) is 108 cm³/mol. The van der Waals surface area contributed by atoms with Gasteiger partial charge in [-0.25, -0.2) is 4.39 Å². The molecule has 1 saturated heterocycles. The summed E-state index contributed by atoms with van der Waals surface area (Å²) < 4.78 is 13.4. The summed E-state index contributed by atoms with van der Waals surface area (Å²) in [6.45, 7) is 0.367. The molecule has 0 spiro atoms. The van der Waals surface area contributed by atoms with E-state index in [1.54, 1.807) is 42.7 Å². The van der Waals surface area contributed by atoms with Gasteiger partial charge in [-0.2, -0.15) is 0 Å². The van der Waals surface area contributed by atoms with Crippen LogP contribution in [-0.2, 0) is 9.59 Å². The van der Waals surface area contributed by atoms with Gasteiger partial charge in [0, 0.05) is 19.2 Å². The van der Waals surface area contributed by atoms with Crippen LogP contribution in [0, 0.1) is 5.82 Å². The van der Waals surface area contributed by atoms with Crippen molar-refractivity contribution in [2.75, 3.05) is 11.9 Å². The summed E-state index contributed by atoms with van der Waals surface area (Å²) in [6.07, 6.45) is 5.64. The highest BCUT2D eigenvalue weighted by molar-refractivity contribution is 8.26. The third kappa shape index (κ3) is 5.21. The monoisotopic (exact) mass is 401 g/mol. The van der Waals surface area contributed by atoms with Gasteiger partial charge in [-0.15, -0.1) is 0 Å². The summed E-state index contributed by atoms with van der Waals surface area (Å²) in [7, 11) is 0. The number of aromatic nitrogens is 1. The molecule has 1 aliphatic rings. The highest BCUT2D eigenvalue weighted by atomic mass is 32.2. The van der Waals surface area contributed by atoms with Crippen LogP contribution in [0.5, 0.6) is 0 Å². The quantitative estimate of drug-likeness (QED) is 0.589. The molecule has 0 saturated carbocycles. The molecule has 2 aromatic rings. The molecule has 1 aromatic heterocycles. The average molecular weight is 401 g/mol. The van der Waals surface area contributed by atoms with Crippen LogP contribution in [0.1, 0.15) is 18.4 Å². The lowest BCUT2D eigenvalue weighted by Gasteiger charge is -2.14. The number of anilines is 1. The Kier molecular flexibility index (Phi) is 6.31. The van der Waals surface area contributed by atoms with Crippen LogP contribution in [0.3, 0.4) is 0 Å². The van der Waals surface area contributed by atoms with Gasteiger partial charge in [0.25, 0.3) is 5.91 Å². The highest BCUT2D eigenvalue weighted by Gasteiger charge is 2.31. The maximum Gasteiger partial charge on any atom is 0.266 e. The number of halogens is 1. The number of carbonyl (C=O) groups is 2. The van der Waals surface area contributed by atoms with Crippen molar-refractivity contribution in [2.45, 2.75) is 12.8 Å². The molecule has 0 bridgehead atoms. The Morgan fingerprint density at radius 2 is 2.07 bits per heavy atom. The molecule has 1 aliphatic heterocycles. The van der Waals surface area contributed by atoms with Crippen molar-refractivity contribution < 1.29 is 14.0 Å². The van der Waals surface area contributed by atoms with E-state index < -0.39 is 0 Å². The summed E-state index contributed by atoms with van der Waals surface area (Å²) >= 11 is 6.48. The number of thioether (sulfide) groups is 1. The van der Waals surface area contributed by atoms with E-state index in [0.717, 1.165) is 5.56 Å². The van der Waals surface area contributed by atoms with Crippen LogP contribution in [0.25, 0.3) is 6.08 Å². The van der Waals surface area contributed by atoms with E-state index in [0.29, 0.717) is 27.9 Å². The fraction of sp³-hybridized carbons (Fsp3) is 0.158. The van der Waals surface area contributed by atoms with Crippen molar-refractivity contribution in [2.24, 2.45) is 0 Å². The van der Waals surface area contributed by atoms with Crippen molar-refractivity contribution in [1.29, 1.82) is 0 Å². The Balaban J connectivity index is 1.53. The van der Waals surface area contributed by atoms with E-state index >= 15 is 0 Å². The third-order valence-corrected chi connectivity index (χ3v) is 5.15. The third-order valence-electron chi connectivity index (χ3n) is 3.77. The Labute approximate surface area is 165 Å². The van der Waals surface area contributed by atoms with Crippen molar-refractivity contribution in [3.05, 3.63) is 65.1 Å². The van der Waals surface area contributed by atoms with E-state index in [1.165, 1.54) is 28.8 Å². The minimum absolute atomic E-state index is 0.143. The first-order chi connectivity index (χ1) is 13.0. The van der Waals surface area contributed by atoms with Gasteiger partial charge in [0.05, 0.1) is 16.8 Å². The number of hydrogen-bond donors (Lipinski definition) is 1. The molecule has 0 atom stereocenters. The van der Waals surface area contributed by atoms with Gasteiger partial charge in [-0.3, -0.25) is 19.5 Å². The zero-order valence-electron chi connectivity index (χ0n) is 14.2. The number of pyridine rings is 1. The lowest BCUT2D eigenvalue weighted by atomic mass is 10.2. The predicted octanol–water partition coefficient (Wildman–Crippen LogP) is 3.84.